The number of nitrogens with one attached hydrogen (secondary N) is 1. The molecule has 0 atom stereocenters. The molecule has 25 heavy (non-hydrogen) atoms. The highest BCUT2D eigenvalue weighted by Gasteiger charge is 2.18. The SMILES string of the molecule is COc1ccc(Cl)cc1NC(=O)N(Cc1ccoc1)Cc1cccs1. The average Bonchev–Trinajstić information content (AvgIpc) is 3.28. The lowest BCUT2D eigenvalue weighted by Crippen LogP contribution is -2.33. The molecule has 0 saturated carbocycles. The fourth-order valence-corrected chi connectivity index (χ4v) is 3.26. The molecule has 0 spiro atoms. The Hall–Kier alpha value is -2.44. The first-order chi connectivity index (χ1) is 12.2. The van der Waals surface area contributed by atoms with E-state index in [0.29, 0.717) is 29.5 Å². The summed E-state index contributed by atoms with van der Waals surface area (Å²) >= 11 is 7.64. The van der Waals surface area contributed by atoms with Crippen LogP contribution in [0.25, 0.3) is 0 Å². The molecule has 130 valence electrons. The maximum absolute atomic E-state index is 12.8. The maximum Gasteiger partial charge on any atom is 0.322 e. The van der Waals surface area contributed by atoms with Crippen molar-refractivity contribution >= 4 is 34.7 Å². The van der Waals surface area contributed by atoms with Crippen LogP contribution in [0.2, 0.25) is 5.02 Å². The van der Waals surface area contributed by atoms with Crippen LogP contribution in [0.15, 0.2) is 58.7 Å². The van der Waals surface area contributed by atoms with Gasteiger partial charge in [0.2, 0.25) is 0 Å². The van der Waals surface area contributed by atoms with Gasteiger partial charge in [-0.05, 0) is 35.7 Å². The maximum atomic E-state index is 12.8. The second-order valence-electron chi connectivity index (χ2n) is 5.34. The number of hydrogen-bond donors (Lipinski definition) is 1. The summed E-state index contributed by atoms with van der Waals surface area (Å²) in [6.45, 7) is 0.931. The normalized spacial score (nSPS) is 10.5. The molecule has 0 aliphatic rings. The van der Waals surface area contributed by atoms with Crippen LogP contribution in [-0.2, 0) is 13.1 Å². The minimum absolute atomic E-state index is 0.241. The van der Waals surface area contributed by atoms with E-state index in [0.717, 1.165) is 10.4 Å². The summed E-state index contributed by atoms with van der Waals surface area (Å²) in [7, 11) is 1.55. The molecular weight excluding hydrogens is 360 g/mol. The number of amides is 2. The largest absolute Gasteiger partial charge is 0.495 e. The second kappa shape index (κ2) is 8.09. The van der Waals surface area contributed by atoms with Crippen LogP contribution in [0.5, 0.6) is 5.75 Å². The number of urea groups is 1. The van der Waals surface area contributed by atoms with Gasteiger partial charge in [-0.25, -0.2) is 4.79 Å². The summed E-state index contributed by atoms with van der Waals surface area (Å²) in [5.41, 5.74) is 1.45. The Morgan fingerprint density at radius 1 is 1.32 bits per heavy atom. The van der Waals surface area contributed by atoms with Gasteiger partial charge in [-0.15, -0.1) is 11.3 Å². The lowest BCUT2D eigenvalue weighted by molar-refractivity contribution is 0.206. The first-order valence-corrected chi connectivity index (χ1v) is 8.84. The van der Waals surface area contributed by atoms with E-state index in [9.17, 15) is 4.79 Å². The van der Waals surface area contributed by atoms with Gasteiger partial charge in [0.15, 0.2) is 0 Å². The highest BCUT2D eigenvalue weighted by atomic mass is 35.5. The summed E-state index contributed by atoms with van der Waals surface area (Å²) in [6.07, 6.45) is 3.23. The molecule has 2 heterocycles. The summed E-state index contributed by atoms with van der Waals surface area (Å²) in [5.74, 6) is 0.553. The van der Waals surface area contributed by atoms with Gasteiger partial charge >= 0.3 is 6.03 Å². The van der Waals surface area contributed by atoms with Crippen LogP contribution < -0.4 is 10.1 Å². The lowest BCUT2D eigenvalue weighted by atomic mass is 10.3. The molecule has 7 heteroatoms. The minimum atomic E-state index is -0.241. The highest BCUT2D eigenvalue weighted by molar-refractivity contribution is 7.09. The van der Waals surface area contributed by atoms with Crippen LogP contribution in [0, 0.1) is 0 Å². The number of anilines is 1. The number of benzene rings is 1. The van der Waals surface area contributed by atoms with Gasteiger partial charge in [-0.1, -0.05) is 17.7 Å². The molecular formula is C18H17ClN2O3S. The van der Waals surface area contributed by atoms with Crippen LogP contribution in [0.4, 0.5) is 10.5 Å². The average molecular weight is 377 g/mol. The predicted octanol–water partition coefficient (Wildman–Crippen LogP) is 5.24. The van der Waals surface area contributed by atoms with Crippen molar-refractivity contribution in [3.05, 3.63) is 69.8 Å². The number of methoxy groups -OCH3 is 1. The zero-order valence-corrected chi connectivity index (χ0v) is 15.1. The van der Waals surface area contributed by atoms with Crippen molar-refractivity contribution in [3.63, 3.8) is 0 Å². The van der Waals surface area contributed by atoms with Crippen molar-refractivity contribution in [3.8, 4) is 5.75 Å². The Labute approximate surface area is 154 Å². The van der Waals surface area contributed by atoms with Gasteiger partial charge < -0.3 is 19.4 Å². The number of ether oxygens (including phenoxy) is 1. The molecule has 3 aromatic rings. The Morgan fingerprint density at radius 2 is 2.20 bits per heavy atom. The van der Waals surface area contributed by atoms with Crippen LogP contribution >= 0.6 is 22.9 Å². The molecule has 3 rings (SSSR count). The number of furan rings is 1. The molecule has 1 aromatic carbocycles. The Balaban J connectivity index is 1.79. The van der Waals surface area contributed by atoms with E-state index in [1.165, 1.54) is 0 Å². The molecule has 0 aliphatic heterocycles. The number of nitrogens with zero attached hydrogens (tertiary/aromatic N) is 1. The smallest absolute Gasteiger partial charge is 0.322 e. The van der Waals surface area contributed by atoms with Crippen molar-refractivity contribution in [2.75, 3.05) is 12.4 Å². The molecule has 0 bridgehead atoms. The predicted molar refractivity (Wildman–Crippen MR) is 99.3 cm³/mol. The summed E-state index contributed by atoms with van der Waals surface area (Å²) < 4.78 is 10.4. The summed E-state index contributed by atoms with van der Waals surface area (Å²) in [6, 6.07) is 10.7. The zero-order valence-electron chi connectivity index (χ0n) is 13.6. The molecule has 0 saturated heterocycles. The summed E-state index contributed by atoms with van der Waals surface area (Å²) in [4.78, 5) is 15.6. The van der Waals surface area contributed by atoms with Gasteiger partial charge in [-0.2, -0.15) is 0 Å². The number of halogens is 1. The van der Waals surface area contributed by atoms with Gasteiger partial charge in [0.25, 0.3) is 0 Å². The van der Waals surface area contributed by atoms with E-state index in [1.54, 1.807) is 54.1 Å². The fourth-order valence-electron chi connectivity index (χ4n) is 2.37. The van der Waals surface area contributed by atoms with Gasteiger partial charge in [0.1, 0.15) is 5.75 Å². The number of hydrogen-bond acceptors (Lipinski definition) is 4. The first-order valence-electron chi connectivity index (χ1n) is 7.58. The number of rotatable bonds is 6. The molecule has 0 aliphatic carbocycles. The molecule has 0 fully saturated rings. The highest BCUT2D eigenvalue weighted by Crippen LogP contribution is 2.28. The second-order valence-corrected chi connectivity index (χ2v) is 6.81. The van der Waals surface area contributed by atoms with E-state index in [2.05, 4.69) is 5.32 Å². The van der Waals surface area contributed by atoms with Crippen LogP contribution in [0.1, 0.15) is 10.4 Å². The quantitative estimate of drug-likeness (QED) is 0.640. The minimum Gasteiger partial charge on any atom is -0.495 e. The van der Waals surface area contributed by atoms with E-state index in [-0.39, 0.29) is 6.03 Å². The van der Waals surface area contributed by atoms with Crippen molar-refractivity contribution in [1.82, 2.24) is 4.90 Å². The number of carbonyl (C=O) groups is 1. The third-order valence-corrected chi connectivity index (χ3v) is 4.67. The summed E-state index contributed by atoms with van der Waals surface area (Å²) in [5, 5.41) is 5.39. The van der Waals surface area contributed by atoms with Crippen LogP contribution in [0.3, 0.4) is 0 Å². The molecule has 0 radical (unpaired) electrons. The lowest BCUT2D eigenvalue weighted by Gasteiger charge is -2.22. The monoisotopic (exact) mass is 376 g/mol. The van der Waals surface area contributed by atoms with E-state index < -0.39 is 0 Å². The zero-order chi connectivity index (χ0) is 17.6. The van der Waals surface area contributed by atoms with Gasteiger partial charge in [0.05, 0.1) is 38.4 Å². The Kier molecular flexibility index (Phi) is 5.63. The fraction of sp³-hybridized carbons (Fsp3) is 0.167. The van der Waals surface area contributed by atoms with E-state index in [4.69, 9.17) is 20.8 Å². The van der Waals surface area contributed by atoms with Crippen molar-refractivity contribution in [2.45, 2.75) is 13.1 Å². The van der Waals surface area contributed by atoms with Crippen molar-refractivity contribution in [2.24, 2.45) is 0 Å². The van der Waals surface area contributed by atoms with Crippen molar-refractivity contribution in [1.29, 1.82) is 0 Å². The molecule has 5 nitrogen and oxygen atoms in total. The third kappa shape index (κ3) is 4.55. The van der Waals surface area contributed by atoms with E-state index >= 15 is 0 Å². The van der Waals surface area contributed by atoms with E-state index in [1.807, 2.05) is 23.6 Å². The molecule has 1 N–H and O–H groups in total. The molecule has 2 aromatic heterocycles. The van der Waals surface area contributed by atoms with Gasteiger partial charge in [-0.3, -0.25) is 0 Å². The topological polar surface area (TPSA) is 54.7 Å². The standard InChI is InChI=1S/C18H17ClN2O3S/c1-23-17-5-4-14(19)9-16(17)20-18(22)21(10-13-6-7-24-12-13)11-15-3-2-8-25-15/h2-9,12H,10-11H2,1H3,(H,20,22). The van der Waals surface area contributed by atoms with Gasteiger partial charge in [0, 0.05) is 15.5 Å². The molecule has 0 unspecified atom stereocenters. The first kappa shape index (κ1) is 17.4. The number of thiophene rings is 1. The molecule has 2 amide bonds. The number of carbonyl (C=O) groups excluding carboxylic acids is 1. The van der Waals surface area contributed by atoms with Crippen molar-refractivity contribution < 1.29 is 13.9 Å². The Morgan fingerprint density at radius 3 is 2.88 bits per heavy atom. The third-order valence-electron chi connectivity index (χ3n) is 3.57. The Bertz CT molecular complexity index is 783. The van der Waals surface area contributed by atoms with Crippen LogP contribution in [-0.4, -0.2) is 18.0 Å².